The molecule has 1 heterocycles. The van der Waals surface area contributed by atoms with Crippen LogP contribution in [-0.4, -0.2) is 20.6 Å². The van der Waals surface area contributed by atoms with E-state index in [1.165, 1.54) is 0 Å². The fraction of sp³-hybridized carbons (Fsp3) is 0.600. The molecule has 0 bridgehead atoms. The summed E-state index contributed by atoms with van der Waals surface area (Å²) >= 11 is 1.15. The number of hydrogen-bond donors (Lipinski definition) is 2. The van der Waals surface area contributed by atoms with E-state index < -0.39 is 6.10 Å². The van der Waals surface area contributed by atoms with Gasteiger partial charge in [-0.2, -0.15) is 4.37 Å². The van der Waals surface area contributed by atoms with Crippen LogP contribution in [0.2, 0.25) is 0 Å². The van der Waals surface area contributed by atoms with E-state index in [2.05, 4.69) is 9.36 Å². The summed E-state index contributed by atoms with van der Waals surface area (Å²) in [7, 11) is 0. The fourth-order valence-electron chi connectivity index (χ4n) is 0.615. The van der Waals surface area contributed by atoms with Crippen molar-refractivity contribution in [1.29, 1.82) is 0 Å². The number of aromatic nitrogens is 2. The van der Waals surface area contributed by atoms with Crippen molar-refractivity contribution in [1.82, 2.24) is 9.36 Å². The highest BCUT2D eigenvalue weighted by atomic mass is 32.1. The molecule has 1 atom stereocenters. The van der Waals surface area contributed by atoms with Crippen LogP contribution in [0.3, 0.4) is 0 Å². The first kappa shape index (κ1) is 7.43. The maximum absolute atomic E-state index is 8.90. The number of rotatable bonds is 2. The molecule has 1 unspecified atom stereocenters. The average molecular weight is 159 g/mol. The molecular weight excluding hydrogens is 150 g/mol. The van der Waals surface area contributed by atoms with Gasteiger partial charge in [0.1, 0.15) is 5.82 Å². The van der Waals surface area contributed by atoms with Crippen molar-refractivity contribution in [2.45, 2.75) is 19.4 Å². The molecule has 1 aromatic heterocycles. The minimum atomic E-state index is -0.394. The summed E-state index contributed by atoms with van der Waals surface area (Å²) < 4.78 is 3.90. The largest absolute Gasteiger partial charge is 0.393 e. The van der Waals surface area contributed by atoms with Crippen molar-refractivity contribution >= 4 is 16.7 Å². The molecular formula is C5H9N3OS. The second-order valence-corrected chi connectivity index (χ2v) is 2.89. The van der Waals surface area contributed by atoms with Gasteiger partial charge in [0, 0.05) is 18.0 Å². The average Bonchev–Trinajstić information content (AvgIpc) is 2.13. The molecule has 4 nitrogen and oxygen atoms in total. The van der Waals surface area contributed by atoms with Crippen LogP contribution in [0.5, 0.6) is 0 Å². The Hall–Kier alpha value is -0.680. The molecule has 1 aromatic rings. The Labute approximate surface area is 62.9 Å². The smallest absolute Gasteiger partial charge is 0.199 e. The van der Waals surface area contributed by atoms with Gasteiger partial charge >= 0.3 is 0 Å². The van der Waals surface area contributed by atoms with Crippen molar-refractivity contribution in [3.63, 3.8) is 0 Å². The number of nitrogens with zero attached hydrogens (tertiary/aromatic N) is 2. The van der Waals surface area contributed by atoms with Gasteiger partial charge < -0.3 is 10.8 Å². The Morgan fingerprint density at radius 3 is 2.90 bits per heavy atom. The van der Waals surface area contributed by atoms with Gasteiger partial charge in [0.05, 0.1) is 6.10 Å². The lowest BCUT2D eigenvalue weighted by molar-refractivity contribution is 0.193. The summed E-state index contributed by atoms with van der Waals surface area (Å²) in [6, 6.07) is 0. The summed E-state index contributed by atoms with van der Waals surface area (Å²) in [6.07, 6.45) is 0.0854. The first-order valence-corrected chi connectivity index (χ1v) is 3.72. The number of nitrogen functional groups attached to an aromatic ring is 1. The van der Waals surface area contributed by atoms with Crippen LogP contribution in [-0.2, 0) is 6.42 Å². The highest BCUT2D eigenvalue weighted by Crippen LogP contribution is 2.06. The van der Waals surface area contributed by atoms with E-state index in [1.54, 1.807) is 6.92 Å². The van der Waals surface area contributed by atoms with Gasteiger partial charge in [-0.3, -0.25) is 0 Å². The van der Waals surface area contributed by atoms with Gasteiger partial charge in [-0.05, 0) is 6.92 Å². The van der Waals surface area contributed by atoms with Gasteiger partial charge in [0.15, 0.2) is 5.13 Å². The number of aliphatic hydroxyl groups is 1. The Morgan fingerprint density at radius 1 is 1.80 bits per heavy atom. The van der Waals surface area contributed by atoms with Gasteiger partial charge in [-0.15, -0.1) is 0 Å². The standard InChI is InChI=1S/C5H9N3OS/c1-3(9)2-4-7-5(6)10-8-4/h3,9H,2H2,1H3,(H2,6,7,8). The monoisotopic (exact) mass is 159 g/mol. The number of aliphatic hydroxyl groups excluding tert-OH is 1. The van der Waals surface area contributed by atoms with E-state index in [9.17, 15) is 0 Å². The molecule has 3 N–H and O–H groups in total. The quantitative estimate of drug-likeness (QED) is 0.639. The maximum Gasteiger partial charge on any atom is 0.199 e. The Bertz CT molecular complexity index is 210. The van der Waals surface area contributed by atoms with Crippen LogP contribution in [0.15, 0.2) is 0 Å². The van der Waals surface area contributed by atoms with Gasteiger partial charge in [-0.25, -0.2) is 4.98 Å². The Balaban J connectivity index is 2.58. The molecule has 0 amide bonds. The maximum atomic E-state index is 8.90. The molecule has 0 aliphatic carbocycles. The lowest BCUT2D eigenvalue weighted by atomic mass is 10.3. The second kappa shape index (κ2) is 2.94. The minimum Gasteiger partial charge on any atom is -0.393 e. The molecule has 0 aliphatic heterocycles. The summed E-state index contributed by atoms with van der Waals surface area (Å²) in [5.74, 6) is 0.623. The van der Waals surface area contributed by atoms with Crippen molar-refractivity contribution in [2.24, 2.45) is 0 Å². The summed E-state index contributed by atoms with van der Waals surface area (Å²) in [5.41, 5.74) is 5.32. The van der Waals surface area contributed by atoms with E-state index in [0.29, 0.717) is 17.4 Å². The van der Waals surface area contributed by atoms with Crippen LogP contribution in [0.25, 0.3) is 0 Å². The predicted octanol–water partition coefficient (Wildman–Crippen LogP) is 0.0436. The van der Waals surface area contributed by atoms with Gasteiger partial charge in [0.25, 0.3) is 0 Å². The lowest BCUT2D eigenvalue weighted by Gasteiger charge is -1.96. The third-order valence-corrected chi connectivity index (χ3v) is 1.54. The lowest BCUT2D eigenvalue weighted by Crippen LogP contribution is -2.05. The molecule has 1 rings (SSSR count). The second-order valence-electron chi connectivity index (χ2n) is 2.10. The van der Waals surface area contributed by atoms with Crippen molar-refractivity contribution in [2.75, 3.05) is 5.73 Å². The normalized spacial score (nSPS) is 13.4. The molecule has 5 heteroatoms. The predicted molar refractivity (Wildman–Crippen MR) is 39.7 cm³/mol. The zero-order valence-corrected chi connectivity index (χ0v) is 6.43. The van der Waals surface area contributed by atoms with Crippen LogP contribution in [0, 0.1) is 0 Å². The molecule has 56 valence electrons. The Morgan fingerprint density at radius 2 is 2.50 bits per heavy atom. The molecule has 0 aliphatic rings. The highest BCUT2D eigenvalue weighted by Gasteiger charge is 2.03. The molecule has 0 radical (unpaired) electrons. The van der Waals surface area contributed by atoms with Crippen LogP contribution >= 0.6 is 11.5 Å². The third kappa shape index (κ3) is 1.93. The molecule has 10 heavy (non-hydrogen) atoms. The zero-order valence-electron chi connectivity index (χ0n) is 5.61. The molecule has 0 spiro atoms. The van der Waals surface area contributed by atoms with Gasteiger partial charge in [-0.1, -0.05) is 0 Å². The van der Waals surface area contributed by atoms with Crippen LogP contribution in [0.4, 0.5) is 5.13 Å². The van der Waals surface area contributed by atoms with Crippen LogP contribution in [0.1, 0.15) is 12.7 Å². The first-order valence-electron chi connectivity index (χ1n) is 2.94. The molecule has 0 saturated carbocycles. The highest BCUT2D eigenvalue weighted by molar-refractivity contribution is 7.09. The Kier molecular flexibility index (Phi) is 2.18. The third-order valence-electron chi connectivity index (χ3n) is 0.962. The number of nitrogens with two attached hydrogens (primary N) is 1. The minimum absolute atomic E-state index is 0.394. The van der Waals surface area contributed by atoms with E-state index in [1.807, 2.05) is 0 Å². The van der Waals surface area contributed by atoms with E-state index in [-0.39, 0.29) is 0 Å². The van der Waals surface area contributed by atoms with E-state index in [0.717, 1.165) is 11.5 Å². The topological polar surface area (TPSA) is 72.0 Å². The van der Waals surface area contributed by atoms with E-state index >= 15 is 0 Å². The molecule has 0 saturated heterocycles. The van der Waals surface area contributed by atoms with Crippen LogP contribution < -0.4 is 5.73 Å². The summed E-state index contributed by atoms with van der Waals surface area (Å²) in [6.45, 7) is 1.69. The van der Waals surface area contributed by atoms with Crippen molar-refractivity contribution in [3.8, 4) is 0 Å². The number of anilines is 1. The van der Waals surface area contributed by atoms with Gasteiger partial charge in [0.2, 0.25) is 0 Å². The SMILES string of the molecule is CC(O)Cc1nsc(N)n1. The molecule has 0 aromatic carbocycles. The van der Waals surface area contributed by atoms with Crippen molar-refractivity contribution < 1.29 is 5.11 Å². The number of hydrogen-bond acceptors (Lipinski definition) is 5. The first-order chi connectivity index (χ1) is 4.68. The zero-order chi connectivity index (χ0) is 7.56. The summed E-state index contributed by atoms with van der Waals surface area (Å²) in [5, 5.41) is 9.35. The summed E-state index contributed by atoms with van der Waals surface area (Å²) in [4.78, 5) is 3.88. The van der Waals surface area contributed by atoms with Crippen molar-refractivity contribution in [3.05, 3.63) is 5.82 Å². The van der Waals surface area contributed by atoms with E-state index in [4.69, 9.17) is 10.8 Å². The molecule has 0 fully saturated rings. The fourth-order valence-corrected chi connectivity index (χ4v) is 1.08.